The SMILES string of the molecule is CCN(CC)c1ccc(/C=C/CC(C)(C)c2cc(F)ccc2NC)cc1. The molecule has 0 aliphatic carbocycles. The van der Waals surface area contributed by atoms with Gasteiger partial charge < -0.3 is 10.2 Å². The van der Waals surface area contributed by atoms with Crippen LogP contribution in [0.5, 0.6) is 0 Å². The molecule has 0 spiro atoms. The average Bonchev–Trinajstić information content (AvgIpc) is 2.64. The fourth-order valence-corrected chi connectivity index (χ4v) is 3.28. The molecular weight excluding hydrogens is 323 g/mol. The van der Waals surface area contributed by atoms with Crippen molar-refractivity contribution in [2.75, 3.05) is 30.4 Å². The van der Waals surface area contributed by atoms with Crippen LogP contribution in [0.25, 0.3) is 6.08 Å². The highest BCUT2D eigenvalue weighted by Gasteiger charge is 2.22. The minimum absolute atomic E-state index is 0.155. The zero-order valence-electron chi connectivity index (χ0n) is 16.6. The molecule has 0 aliphatic rings. The highest BCUT2D eigenvalue weighted by molar-refractivity contribution is 5.57. The number of allylic oxidation sites excluding steroid dienone is 1. The summed E-state index contributed by atoms with van der Waals surface area (Å²) in [5.74, 6) is -0.192. The maximum absolute atomic E-state index is 13.7. The molecule has 0 aliphatic heterocycles. The second kappa shape index (κ2) is 8.88. The first-order valence-corrected chi connectivity index (χ1v) is 9.40. The van der Waals surface area contributed by atoms with Crippen LogP contribution in [0.4, 0.5) is 15.8 Å². The number of anilines is 2. The van der Waals surface area contributed by atoms with E-state index >= 15 is 0 Å². The van der Waals surface area contributed by atoms with Crippen molar-refractivity contribution < 1.29 is 4.39 Å². The fourth-order valence-electron chi connectivity index (χ4n) is 3.28. The second-order valence-corrected chi connectivity index (χ2v) is 7.19. The van der Waals surface area contributed by atoms with E-state index in [1.165, 1.54) is 17.3 Å². The molecule has 1 N–H and O–H groups in total. The van der Waals surface area contributed by atoms with E-state index in [1.807, 2.05) is 13.1 Å². The van der Waals surface area contributed by atoms with E-state index in [0.717, 1.165) is 30.8 Å². The Morgan fingerprint density at radius 1 is 1.04 bits per heavy atom. The Labute approximate surface area is 157 Å². The normalized spacial score (nSPS) is 11.8. The van der Waals surface area contributed by atoms with Gasteiger partial charge in [0.25, 0.3) is 0 Å². The number of nitrogens with zero attached hydrogens (tertiary/aromatic N) is 1. The zero-order valence-corrected chi connectivity index (χ0v) is 16.6. The van der Waals surface area contributed by atoms with Gasteiger partial charge in [0.15, 0.2) is 0 Å². The van der Waals surface area contributed by atoms with E-state index in [1.54, 1.807) is 6.07 Å². The Hall–Kier alpha value is -2.29. The van der Waals surface area contributed by atoms with Gasteiger partial charge in [0.05, 0.1) is 0 Å². The van der Waals surface area contributed by atoms with Crippen LogP contribution in [0.15, 0.2) is 48.5 Å². The monoisotopic (exact) mass is 354 g/mol. The lowest BCUT2D eigenvalue weighted by atomic mass is 9.80. The van der Waals surface area contributed by atoms with E-state index in [-0.39, 0.29) is 11.2 Å². The van der Waals surface area contributed by atoms with Crippen LogP contribution in [0.3, 0.4) is 0 Å². The number of hydrogen-bond acceptors (Lipinski definition) is 2. The van der Waals surface area contributed by atoms with Crippen LogP contribution < -0.4 is 10.2 Å². The lowest BCUT2D eigenvalue weighted by Crippen LogP contribution is -2.21. The molecule has 0 heterocycles. The Balaban J connectivity index is 2.10. The molecule has 0 aromatic heterocycles. The molecule has 140 valence electrons. The number of rotatable bonds is 8. The molecule has 2 rings (SSSR count). The third kappa shape index (κ3) is 4.87. The molecule has 0 amide bonds. The minimum Gasteiger partial charge on any atom is -0.388 e. The maximum atomic E-state index is 13.7. The number of hydrogen-bond donors (Lipinski definition) is 1. The molecule has 0 atom stereocenters. The molecule has 2 aromatic rings. The summed E-state index contributed by atoms with van der Waals surface area (Å²) in [6.07, 6.45) is 5.16. The van der Waals surface area contributed by atoms with Gasteiger partial charge in [-0.1, -0.05) is 38.1 Å². The van der Waals surface area contributed by atoms with Crippen molar-refractivity contribution in [1.82, 2.24) is 0 Å². The molecule has 0 unspecified atom stereocenters. The summed E-state index contributed by atoms with van der Waals surface area (Å²) in [4.78, 5) is 2.33. The van der Waals surface area contributed by atoms with Gasteiger partial charge in [-0.3, -0.25) is 0 Å². The molecule has 3 heteroatoms. The predicted octanol–water partition coefficient (Wildman–Crippen LogP) is 6.09. The summed E-state index contributed by atoms with van der Waals surface area (Å²) in [5, 5.41) is 3.17. The highest BCUT2D eigenvalue weighted by Crippen LogP contribution is 2.34. The Morgan fingerprint density at radius 2 is 1.69 bits per heavy atom. The van der Waals surface area contributed by atoms with E-state index in [0.29, 0.717) is 0 Å². The van der Waals surface area contributed by atoms with Crippen LogP contribution >= 0.6 is 0 Å². The summed E-state index contributed by atoms with van der Waals surface area (Å²) in [6.45, 7) is 10.7. The van der Waals surface area contributed by atoms with Gasteiger partial charge in [0.1, 0.15) is 5.82 Å². The highest BCUT2D eigenvalue weighted by atomic mass is 19.1. The Kier molecular flexibility index (Phi) is 6.84. The third-order valence-corrected chi connectivity index (χ3v) is 4.94. The van der Waals surface area contributed by atoms with Crippen molar-refractivity contribution in [3.63, 3.8) is 0 Å². The first-order valence-electron chi connectivity index (χ1n) is 9.40. The molecule has 0 fully saturated rings. The van der Waals surface area contributed by atoms with E-state index in [2.05, 4.69) is 74.3 Å². The number of nitrogens with one attached hydrogen (secondary N) is 1. The quantitative estimate of drug-likeness (QED) is 0.616. The average molecular weight is 355 g/mol. The largest absolute Gasteiger partial charge is 0.388 e. The standard InChI is InChI=1S/C23H31FN2/c1-6-26(7-2)20-13-10-18(11-14-20)9-8-16-23(3,4)21-17-19(24)12-15-22(21)25-5/h8-15,17,25H,6-7,16H2,1-5H3/b9-8+. The molecular formula is C23H31FN2. The van der Waals surface area contributed by atoms with Crippen molar-refractivity contribution in [1.29, 1.82) is 0 Å². The summed E-state index contributed by atoms with van der Waals surface area (Å²) in [7, 11) is 1.88. The zero-order chi connectivity index (χ0) is 19.2. The van der Waals surface area contributed by atoms with Crippen molar-refractivity contribution in [2.45, 2.75) is 39.5 Å². The van der Waals surface area contributed by atoms with Crippen molar-refractivity contribution in [3.05, 3.63) is 65.5 Å². The first-order chi connectivity index (χ1) is 12.4. The van der Waals surface area contributed by atoms with E-state index in [4.69, 9.17) is 0 Å². The summed E-state index contributed by atoms with van der Waals surface area (Å²) in [6, 6.07) is 13.6. The molecule has 0 bridgehead atoms. The van der Waals surface area contributed by atoms with Gasteiger partial charge in [0.2, 0.25) is 0 Å². The van der Waals surface area contributed by atoms with Gasteiger partial charge >= 0.3 is 0 Å². The van der Waals surface area contributed by atoms with Crippen LogP contribution in [-0.2, 0) is 5.41 Å². The molecule has 0 radical (unpaired) electrons. The van der Waals surface area contributed by atoms with Gasteiger partial charge in [-0.05, 0) is 67.1 Å². The molecule has 26 heavy (non-hydrogen) atoms. The molecule has 2 aromatic carbocycles. The molecule has 0 saturated carbocycles. The predicted molar refractivity (Wildman–Crippen MR) is 113 cm³/mol. The van der Waals surface area contributed by atoms with Crippen LogP contribution in [0.2, 0.25) is 0 Å². The molecule has 0 saturated heterocycles. The maximum Gasteiger partial charge on any atom is 0.123 e. The lowest BCUT2D eigenvalue weighted by Gasteiger charge is -2.26. The third-order valence-electron chi connectivity index (χ3n) is 4.94. The summed E-state index contributed by atoms with van der Waals surface area (Å²) in [5.41, 5.74) is 4.27. The van der Waals surface area contributed by atoms with Crippen LogP contribution in [0.1, 0.15) is 45.2 Å². The van der Waals surface area contributed by atoms with Gasteiger partial charge in [-0.2, -0.15) is 0 Å². The van der Waals surface area contributed by atoms with Crippen molar-refractivity contribution in [2.24, 2.45) is 0 Å². The van der Waals surface area contributed by atoms with Gasteiger partial charge in [-0.25, -0.2) is 4.39 Å². The molecule has 2 nitrogen and oxygen atoms in total. The Bertz CT molecular complexity index is 728. The minimum atomic E-state index is -0.192. The summed E-state index contributed by atoms with van der Waals surface area (Å²) >= 11 is 0. The van der Waals surface area contributed by atoms with Crippen LogP contribution in [-0.4, -0.2) is 20.1 Å². The lowest BCUT2D eigenvalue weighted by molar-refractivity contribution is 0.528. The second-order valence-electron chi connectivity index (χ2n) is 7.19. The topological polar surface area (TPSA) is 15.3 Å². The van der Waals surface area contributed by atoms with E-state index < -0.39 is 0 Å². The van der Waals surface area contributed by atoms with Crippen LogP contribution in [0, 0.1) is 5.82 Å². The van der Waals surface area contributed by atoms with Crippen molar-refractivity contribution >= 4 is 17.5 Å². The smallest absolute Gasteiger partial charge is 0.123 e. The first kappa shape index (κ1) is 20.0. The number of benzene rings is 2. The van der Waals surface area contributed by atoms with Gasteiger partial charge in [-0.15, -0.1) is 0 Å². The summed E-state index contributed by atoms with van der Waals surface area (Å²) < 4.78 is 13.7. The van der Waals surface area contributed by atoms with Gasteiger partial charge in [0, 0.05) is 31.5 Å². The fraction of sp³-hybridized carbons (Fsp3) is 0.391. The number of halogens is 1. The Morgan fingerprint density at radius 3 is 2.27 bits per heavy atom. The van der Waals surface area contributed by atoms with Crippen molar-refractivity contribution in [3.8, 4) is 0 Å². The van der Waals surface area contributed by atoms with E-state index in [9.17, 15) is 4.39 Å².